The van der Waals surface area contributed by atoms with E-state index in [1.807, 2.05) is 39.8 Å². The van der Waals surface area contributed by atoms with Crippen molar-refractivity contribution in [3.05, 3.63) is 48.0 Å². The first-order chi connectivity index (χ1) is 11.3. The summed E-state index contributed by atoms with van der Waals surface area (Å²) in [5.41, 5.74) is 3.30. The topological polar surface area (TPSA) is 16.4 Å². The smallest absolute Gasteiger partial charge is 0.135 e. The zero-order valence-corrected chi connectivity index (χ0v) is 15.5. The number of fused-ring (bicyclic) bond motifs is 3. The van der Waals surface area contributed by atoms with Crippen LogP contribution in [0.3, 0.4) is 0 Å². The summed E-state index contributed by atoms with van der Waals surface area (Å²) < 4.78 is 5.85. The molecule has 0 aliphatic carbocycles. The molecule has 0 aliphatic heterocycles. The number of rotatable bonds is 4. The van der Waals surface area contributed by atoms with Gasteiger partial charge in [-0.3, -0.25) is 4.90 Å². The van der Waals surface area contributed by atoms with E-state index in [1.54, 1.807) is 0 Å². The largest absolute Gasteiger partial charge is 0.456 e. The number of para-hydroxylation sites is 1. The second-order valence-electron chi connectivity index (χ2n) is 4.89. The summed E-state index contributed by atoms with van der Waals surface area (Å²) in [7, 11) is 0. The molecule has 0 saturated heterocycles. The third-order valence-corrected chi connectivity index (χ3v) is 3.74. The maximum Gasteiger partial charge on any atom is 0.135 e. The van der Waals surface area contributed by atoms with Crippen LogP contribution in [0.15, 0.2) is 46.9 Å². The van der Waals surface area contributed by atoms with Crippen molar-refractivity contribution in [3.63, 3.8) is 0 Å². The summed E-state index contributed by atoms with van der Waals surface area (Å²) in [6, 6.07) is 14.8. The van der Waals surface area contributed by atoms with Gasteiger partial charge in [0.1, 0.15) is 11.2 Å². The number of hydrogen-bond donors (Lipinski definition) is 0. The van der Waals surface area contributed by atoms with Crippen LogP contribution in [0, 0.1) is 0 Å². The summed E-state index contributed by atoms with van der Waals surface area (Å²) in [6.45, 7) is 15.6. The minimum atomic E-state index is 0.970. The van der Waals surface area contributed by atoms with Gasteiger partial charge in [0.25, 0.3) is 0 Å². The van der Waals surface area contributed by atoms with Crippen LogP contribution in [0.1, 0.15) is 47.1 Å². The number of nitrogens with zero attached hydrogens (tertiary/aromatic N) is 1. The van der Waals surface area contributed by atoms with Gasteiger partial charge >= 0.3 is 0 Å². The lowest BCUT2D eigenvalue weighted by molar-refractivity contribution is 0.296. The minimum absolute atomic E-state index is 0.970. The van der Waals surface area contributed by atoms with Gasteiger partial charge in [-0.25, -0.2) is 0 Å². The maximum atomic E-state index is 5.85. The third kappa shape index (κ3) is 4.59. The standard InChI is InChI=1S/C17H19NO.2C2H6/c1-3-18(4-2)12-13-9-10-17-15(11-13)14-7-5-6-8-16(14)19-17;2*1-2/h5-11H,3-4,12H2,1-2H3;2*1-2H3. The molecule has 0 bridgehead atoms. The van der Waals surface area contributed by atoms with Crippen molar-refractivity contribution >= 4 is 21.9 Å². The number of benzene rings is 2. The van der Waals surface area contributed by atoms with Crippen LogP contribution in [0.25, 0.3) is 21.9 Å². The number of hydrogen-bond acceptors (Lipinski definition) is 2. The molecular formula is C21H31NO. The lowest BCUT2D eigenvalue weighted by Gasteiger charge is -2.17. The van der Waals surface area contributed by atoms with Gasteiger partial charge in [0, 0.05) is 17.3 Å². The monoisotopic (exact) mass is 313 g/mol. The molecule has 0 unspecified atom stereocenters. The van der Waals surface area contributed by atoms with E-state index in [0.29, 0.717) is 0 Å². The highest BCUT2D eigenvalue weighted by molar-refractivity contribution is 6.04. The Morgan fingerprint density at radius 2 is 1.39 bits per heavy atom. The predicted octanol–water partition coefficient (Wildman–Crippen LogP) is 6.48. The van der Waals surface area contributed by atoms with Crippen LogP contribution in [-0.4, -0.2) is 18.0 Å². The second kappa shape index (κ2) is 10.1. The average molecular weight is 313 g/mol. The van der Waals surface area contributed by atoms with Crippen molar-refractivity contribution in [3.8, 4) is 0 Å². The van der Waals surface area contributed by atoms with E-state index in [4.69, 9.17) is 4.42 Å². The summed E-state index contributed by atoms with van der Waals surface area (Å²) in [6.07, 6.45) is 0. The molecule has 1 aromatic heterocycles. The second-order valence-corrected chi connectivity index (χ2v) is 4.89. The Hall–Kier alpha value is -1.80. The van der Waals surface area contributed by atoms with Gasteiger partial charge in [-0.05, 0) is 36.9 Å². The fourth-order valence-corrected chi connectivity index (χ4v) is 2.58. The molecule has 0 amide bonds. The molecule has 3 rings (SSSR count). The van der Waals surface area contributed by atoms with Gasteiger partial charge in [-0.15, -0.1) is 0 Å². The first-order valence-electron chi connectivity index (χ1n) is 8.94. The van der Waals surface area contributed by atoms with Crippen LogP contribution >= 0.6 is 0 Å². The number of furan rings is 1. The van der Waals surface area contributed by atoms with E-state index in [-0.39, 0.29) is 0 Å². The van der Waals surface area contributed by atoms with E-state index in [9.17, 15) is 0 Å². The Balaban J connectivity index is 0.000000615. The lowest BCUT2D eigenvalue weighted by atomic mass is 10.1. The van der Waals surface area contributed by atoms with Gasteiger partial charge in [0.05, 0.1) is 0 Å². The molecule has 2 heteroatoms. The highest BCUT2D eigenvalue weighted by Crippen LogP contribution is 2.29. The normalized spacial score (nSPS) is 10.2. The van der Waals surface area contributed by atoms with Crippen molar-refractivity contribution in [2.45, 2.75) is 48.1 Å². The van der Waals surface area contributed by atoms with E-state index < -0.39 is 0 Å². The van der Waals surface area contributed by atoms with Crippen LogP contribution in [-0.2, 0) is 6.54 Å². The van der Waals surface area contributed by atoms with Crippen molar-refractivity contribution in [1.29, 1.82) is 0 Å². The van der Waals surface area contributed by atoms with Crippen molar-refractivity contribution in [2.75, 3.05) is 13.1 Å². The SMILES string of the molecule is CC.CC.CCN(CC)Cc1ccc2oc3ccccc3c2c1. The van der Waals surface area contributed by atoms with E-state index >= 15 is 0 Å². The Morgan fingerprint density at radius 3 is 2.04 bits per heavy atom. The Morgan fingerprint density at radius 1 is 0.783 bits per heavy atom. The third-order valence-electron chi connectivity index (χ3n) is 3.74. The predicted molar refractivity (Wildman–Crippen MR) is 103 cm³/mol. The molecule has 2 aromatic carbocycles. The highest BCUT2D eigenvalue weighted by Gasteiger charge is 2.08. The summed E-state index contributed by atoms with van der Waals surface area (Å²) in [5, 5.41) is 2.43. The zero-order chi connectivity index (χ0) is 17.2. The van der Waals surface area contributed by atoms with E-state index in [2.05, 4.69) is 49.1 Å². The van der Waals surface area contributed by atoms with Crippen LogP contribution < -0.4 is 0 Å². The molecule has 126 valence electrons. The molecule has 0 atom stereocenters. The fourth-order valence-electron chi connectivity index (χ4n) is 2.58. The summed E-state index contributed by atoms with van der Waals surface area (Å²) in [5.74, 6) is 0. The van der Waals surface area contributed by atoms with Gasteiger partial charge in [-0.1, -0.05) is 65.8 Å². The van der Waals surface area contributed by atoms with Crippen LogP contribution in [0.4, 0.5) is 0 Å². The highest BCUT2D eigenvalue weighted by atomic mass is 16.3. The van der Waals surface area contributed by atoms with Gasteiger partial charge in [0.15, 0.2) is 0 Å². The average Bonchev–Trinajstić information content (AvgIpc) is 3.01. The molecule has 0 spiro atoms. The molecule has 0 fully saturated rings. The van der Waals surface area contributed by atoms with Crippen molar-refractivity contribution in [1.82, 2.24) is 4.90 Å². The fraction of sp³-hybridized carbons (Fsp3) is 0.429. The van der Waals surface area contributed by atoms with Gasteiger partial charge in [-0.2, -0.15) is 0 Å². The van der Waals surface area contributed by atoms with Gasteiger partial charge in [0.2, 0.25) is 0 Å². The summed E-state index contributed by atoms with van der Waals surface area (Å²) in [4.78, 5) is 2.42. The molecule has 1 heterocycles. The Bertz CT molecular complexity index is 695. The molecule has 0 aliphatic rings. The molecular weight excluding hydrogens is 282 g/mol. The first-order valence-corrected chi connectivity index (χ1v) is 8.94. The molecule has 3 aromatic rings. The van der Waals surface area contributed by atoms with Crippen molar-refractivity contribution in [2.24, 2.45) is 0 Å². The zero-order valence-electron chi connectivity index (χ0n) is 15.5. The quantitative estimate of drug-likeness (QED) is 0.548. The van der Waals surface area contributed by atoms with Crippen LogP contribution in [0.5, 0.6) is 0 Å². The summed E-state index contributed by atoms with van der Waals surface area (Å²) >= 11 is 0. The van der Waals surface area contributed by atoms with Crippen LogP contribution in [0.2, 0.25) is 0 Å². The van der Waals surface area contributed by atoms with E-state index in [0.717, 1.165) is 30.8 Å². The molecule has 2 nitrogen and oxygen atoms in total. The lowest BCUT2D eigenvalue weighted by Crippen LogP contribution is -2.21. The van der Waals surface area contributed by atoms with Crippen molar-refractivity contribution < 1.29 is 4.42 Å². The Kier molecular flexibility index (Phi) is 8.42. The molecule has 0 radical (unpaired) electrons. The Labute approximate surface area is 141 Å². The molecule has 23 heavy (non-hydrogen) atoms. The first kappa shape index (κ1) is 19.2. The maximum absolute atomic E-state index is 5.85. The van der Waals surface area contributed by atoms with Gasteiger partial charge < -0.3 is 4.42 Å². The molecule has 0 N–H and O–H groups in total. The minimum Gasteiger partial charge on any atom is -0.456 e. The van der Waals surface area contributed by atoms with E-state index in [1.165, 1.54) is 16.3 Å². The molecule has 0 saturated carbocycles.